The van der Waals surface area contributed by atoms with Gasteiger partial charge in [0.05, 0.1) is 12.7 Å². The van der Waals surface area contributed by atoms with Crippen LogP contribution in [0.4, 0.5) is 10.1 Å². The molecule has 0 unspecified atom stereocenters. The second-order valence-electron chi connectivity index (χ2n) is 8.70. The second-order valence-corrected chi connectivity index (χ2v) is 8.70. The van der Waals surface area contributed by atoms with Gasteiger partial charge >= 0.3 is 0 Å². The molecule has 1 saturated heterocycles. The van der Waals surface area contributed by atoms with E-state index in [1.54, 1.807) is 21.8 Å². The lowest BCUT2D eigenvalue weighted by Gasteiger charge is -2.49. The van der Waals surface area contributed by atoms with Gasteiger partial charge in [0, 0.05) is 49.2 Å². The maximum Gasteiger partial charge on any atom is 0.240 e. The number of rotatable bonds is 4. The average Bonchev–Trinajstić information content (AvgIpc) is 3.22. The highest BCUT2D eigenvalue weighted by atomic mass is 19.1. The largest absolute Gasteiger partial charge is 0.307 e. The Hall–Kier alpha value is -2.99. The minimum absolute atomic E-state index is 0.0799. The van der Waals surface area contributed by atoms with Gasteiger partial charge in [0.25, 0.3) is 0 Å². The van der Waals surface area contributed by atoms with E-state index >= 15 is 0 Å². The molecule has 154 valence electrons. The lowest BCUT2D eigenvalue weighted by atomic mass is 9.74. The normalized spacial score (nSPS) is 17.6. The van der Waals surface area contributed by atoms with Crippen LogP contribution in [0.15, 0.2) is 54.9 Å². The molecule has 2 aromatic carbocycles. The number of hydrogen-bond acceptors (Lipinski definition) is 3. The lowest BCUT2D eigenvalue weighted by molar-refractivity contribution is -0.130. The van der Waals surface area contributed by atoms with Crippen molar-refractivity contribution in [3.63, 3.8) is 0 Å². The maximum absolute atomic E-state index is 15.0. The monoisotopic (exact) mass is 404 g/mol. The number of carbonyl (C=O) groups is 1. The van der Waals surface area contributed by atoms with E-state index in [2.05, 4.69) is 23.8 Å². The fraction of sp³-hybridized carbons (Fsp3) is 0.333. The predicted octanol–water partition coefficient (Wildman–Crippen LogP) is 3.73. The van der Waals surface area contributed by atoms with Crippen LogP contribution in [0, 0.1) is 5.82 Å². The van der Waals surface area contributed by atoms with E-state index in [4.69, 9.17) is 0 Å². The topological polar surface area (TPSA) is 41.4 Å². The Morgan fingerprint density at radius 2 is 1.90 bits per heavy atom. The fourth-order valence-corrected chi connectivity index (χ4v) is 4.67. The van der Waals surface area contributed by atoms with Crippen molar-refractivity contribution in [1.29, 1.82) is 0 Å². The number of halogens is 1. The third kappa shape index (κ3) is 2.78. The van der Waals surface area contributed by atoms with Gasteiger partial charge < -0.3 is 4.90 Å². The van der Waals surface area contributed by atoms with Gasteiger partial charge in [-0.25, -0.2) is 4.39 Å². The van der Waals surface area contributed by atoms with Crippen molar-refractivity contribution >= 4 is 11.6 Å². The van der Waals surface area contributed by atoms with Gasteiger partial charge in [0.2, 0.25) is 5.91 Å². The second kappa shape index (κ2) is 6.77. The fourth-order valence-electron chi connectivity index (χ4n) is 4.67. The number of likely N-dealkylation sites (tertiary alicyclic amines) is 1. The summed E-state index contributed by atoms with van der Waals surface area (Å²) in [6, 6.07) is 13.5. The SMILES string of the molecule is CC(C)N1CC2(C1)C(=O)N(Cc1ccc(-c3cnn(C)c3)cc1F)c1ccccc12. The number of fused-ring (bicyclic) bond motifs is 2. The molecule has 30 heavy (non-hydrogen) atoms. The van der Waals surface area contributed by atoms with Crippen molar-refractivity contribution in [3.05, 3.63) is 71.8 Å². The maximum atomic E-state index is 15.0. The van der Waals surface area contributed by atoms with E-state index in [0.29, 0.717) is 11.6 Å². The van der Waals surface area contributed by atoms with Gasteiger partial charge in [-0.05, 0) is 37.1 Å². The molecule has 1 amide bonds. The molecule has 1 aromatic heterocycles. The highest BCUT2D eigenvalue weighted by Crippen LogP contribution is 2.48. The summed E-state index contributed by atoms with van der Waals surface area (Å²) in [4.78, 5) is 17.6. The predicted molar refractivity (Wildman–Crippen MR) is 115 cm³/mol. The van der Waals surface area contributed by atoms with Crippen molar-refractivity contribution in [2.75, 3.05) is 18.0 Å². The van der Waals surface area contributed by atoms with Crippen molar-refractivity contribution in [3.8, 4) is 11.1 Å². The zero-order valence-electron chi connectivity index (χ0n) is 17.5. The van der Waals surface area contributed by atoms with E-state index in [0.717, 1.165) is 35.5 Å². The molecule has 1 fully saturated rings. The van der Waals surface area contributed by atoms with Gasteiger partial charge in [-0.15, -0.1) is 0 Å². The Kier molecular flexibility index (Phi) is 4.29. The van der Waals surface area contributed by atoms with E-state index in [-0.39, 0.29) is 18.3 Å². The van der Waals surface area contributed by atoms with Crippen LogP contribution in [0.25, 0.3) is 11.1 Å². The van der Waals surface area contributed by atoms with Crippen LogP contribution in [0.2, 0.25) is 0 Å². The molecule has 6 heteroatoms. The van der Waals surface area contributed by atoms with Gasteiger partial charge in [-0.1, -0.05) is 30.3 Å². The number of anilines is 1. The first-order valence-corrected chi connectivity index (χ1v) is 10.3. The molecule has 0 saturated carbocycles. The van der Waals surface area contributed by atoms with Gasteiger partial charge in [-0.2, -0.15) is 5.10 Å². The smallest absolute Gasteiger partial charge is 0.240 e. The number of para-hydroxylation sites is 1. The molecular formula is C24H25FN4O. The number of aromatic nitrogens is 2. The molecule has 5 nitrogen and oxygen atoms in total. The van der Waals surface area contributed by atoms with Crippen LogP contribution in [-0.4, -0.2) is 39.7 Å². The molecule has 3 heterocycles. The van der Waals surface area contributed by atoms with E-state index in [1.165, 1.54) is 6.07 Å². The van der Waals surface area contributed by atoms with Crippen LogP contribution in [0.5, 0.6) is 0 Å². The first-order valence-electron chi connectivity index (χ1n) is 10.3. The Bertz CT molecular complexity index is 1130. The van der Waals surface area contributed by atoms with Crippen molar-refractivity contribution in [2.24, 2.45) is 7.05 Å². The number of nitrogens with zero attached hydrogens (tertiary/aromatic N) is 4. The van der Waals surface area contributed by atoms with E-state index in [1.807, 2.05) is 43.6 Å². The van der Waals surface area contributed by atoms with E-state index < -0.39 is 5.41 Å². The molecule has 0 atom stereocenters. The summed E-state index contributed by atoms with van der Waals surface area (Å²) in [6.07, 6.45) is 3.57. The summed E-state index contributed by atoms with van der Waals surface area (Å²) in [6.45, 7) is 5.97. The number of carbonyl (C=O) groups excluding carboxylic acids is 1. The third-order valence-electron chi connectivity index (χ3n) is 6.46. The summed E-state index contributed by atoms with van der Waals surface area (Å²) in [5.74, 6) is -0.226. The zero-order valence-corrected chi connectivity index (χ0v) is 17.5. The molecule has 2 aliphatic heterocycles. The molecule has 0 bridgehead atoms. The first-order chi connectivity index (χ1) is 14.4. The Morgan fingerprint density at radius 3 is 2.57 bits per heavy atom. The van der Waals surface area contributed by atoms with Crippen LogP contribution in [0.3, 0.4) is 0 Å². The molecule has 0 aliphatic carbocycles. The first kappa shape index (κ1) is 19.0. The zero-order chi connectivity index (χ0) is 21.0. The summed E-state index contributed by atoms with van der Waals surface area (Å²) >= 11 is 0. The Labute approximate surface area is 175 Å². The van der Waals surface area contributed by atoms with Crippen LogP contribution in [0.1, 0.15) is 25.0 Å². The van der Waals surface area contributed by atoms with E-state index in [9.17, 15) is 9.18 Å². The lowest BCUT2D eigenvalue weighted by Crippen LogP contribution is -2.65. The molecule has 0 radical (unpaired) electrons. The summed E-state index contributed by atoms with van der Waals surface area (Å²) in [5.41, 5.74) is 3.64. The number of aryl methyl sites for hydroxylation is 1. The van der Waals surface area contributed by atoms with Crippen molar-refractivity contribution < 1.29 is 9.18 Å². The summed E-state index contributed by atoms with van der Waals surface area (Å²) < 4.78 is 16.7. The summed E-state index contributed by atoms with van der Waals surface area (Å²) in [7, 11) is 1.83. The minimum Gasteiger partial charge on any atom is -0.307 e. The molecule has 0 N–H and O–H groups in total. The standard InChI is InChI=1S/C24H25FN4O/c1-16(2)28-14-24(15-28)20-6-4-5-7-22(20)29(23(24)30)13-18-9-8-17(10-21(18)25)19-11-26-27(3)12-19/h4-12,16H,13-15H2,1-3H3. The van der Waals surface area contributed by atoms with Crippen molar-refractivity contribution in [2.45, 2.75) is 31.8 Å². The molecule has 3 aromatic rings. The Balaban J connectivity index is 1.45. The summed E-state index contributed by atoms with van der Waals surface area (Å²) in [5, 5.41) is 4.15. The van der Waals surface area contributed by atoms with Gasteiger partial charge in [0.15, 0.2) is 0 Å². The number of amides is 1. The van der Waals surface area contributed by atoms with Crippen LogP contribution >= 0.6 is 0 Å². The number of benzene rings is 2. The molecular weight excluding hydrogens is 379 g/mol. The van der Waals surface area contributed by atoms with Gasteiger partial charge in [-0.3, -0.25) is 14.4 Å². The third-order valence-corrected chi connectivity index (χ3v) is 6.46. The molecule has 1 spiro atoms. The van der Waals surface area contributed by atoms with Gasteiger partial charge in [0.1, 0.15) is 11.2 Å². The molecule has 2 aliphatic rings. The van der Waals surface area contributed by atoms with Crippen molar-refractivity contribution in [1.82, 2.24) is 14.7 Å². The molecule has 5 rings (SSSR count). The van der Waals surface area contributed by atoms with Crippen LogP contribution < -0.4 is 4.90 Å². The minimum atomic E-state index is -0.493. The van der Waals surface area contributed by atoms with Crippen LogP contribution in [-0.2, 0) is 23.8 Å². The number of hydrogen-bond donors (Lipinski definition) is 0. The quantitative estimate of drug-likeness (QED) is 0.665. The Morgan fingerprint density at radius 1 is 1.13 bits per heavy atom. The highest BCUT2D eigenvalue weighted by molar-refractivity contribution is 6.09. The highest BCUT2D eigenvalue weighted by Gasteiger charge is 2.58. The average molecular weight is 404 g/mol.